The minimum Gasteiger partial charge on any atom is -0.491 e. The van der Waals surface area contributed by atoms with Crippen molar-refractivity contribution in [3.63, 3.8) is 0 Å². The molecule has 0 radical (unpaired) electrons. The average Bonchev–Trinajstić information content (AvgIpc) is 3.46. The third kappa shape index (κ3) is 4.21. The summed E-state index contributed by atoms with van der Waals surface area (Å²) in [7, 11) is 0. The summed E-state index contributed by atoms with van der Waals surface area (Å²) in [5.41, 5.74) is 7.13. The summed E-state index contributed by atoms with van der Waals surface area (Å²) in [6, 6.07) is 17.3. The Morgan fingerprint density at radius 1 is 1.20 bits per heavy atom. The summed E-state index contributed by atoms with van der Waals surface area (Å²) in [5.74, 6) is 1.27. The number of hydrogen-bond donors (Lipinski definition) is 1. The predicted octanol–water partition coefficient (Wildman–Crippen LogP) is 6.02. The third-order valence-electron chi connectivity index (χ3n) is 6.91. The van der Waals surface area contributed by atoms with Crippen LogP contribution in [0.5, 0.6) is 5.75 Å². The van der Waals surface area contributed by atoms with Gasteiger partial charge in [0.05, 0.1) is 24.1 Å². The molecule has 1 aliphatic heterocycles. The number of para-hydroxylation sites is 1. The van der Waals surface area contributed by atoms with Gasteiger partial charge in [0.25, 0.3) is 0 Å². The standard InChI is InChI=1S/C29H33N5O/c1-19(2)17-35-26-8-6-7-20(3)27(26)34-28(22-9-10-24-21(15-22)11-13-31-24)23-16-33(29(4,5)18-30)14-12-25(23)32-34/h6-11,13,15,19,31H,12,14,16-17H2,1-5H3. The number of aryl methyl sites for hydroxylation is 1. The Kier molecular flexibility index (Phi) is 5.90. The zero-order valence-corrected chi connectivity index (χ0v) is 21.2. The summed E-state index contributed by atoms with van der Waals surface area (Å²) in [6.45, 7) is 12.6. The summed E-state index contributed by atoms with van der Waals surface area (Å²) in [6.07, 6.45) is 2.78. The van der Waals surface area contributed by atoms with Crippen LogP contribution in [0.2, 0.25) is 0 Å². The van der Waals surface area contributed by atoms with Crippen LogP contribution in [0.25, 0.3) is 27.8 Å². The number of rotatable bonds is 6. The number of fused-ring (bicyclic) bond motifs is 2. The van der Waals surface area contributed by atoms with Gasteiger partial charge in [-0.3, -0.25) is 4.90 Å². The molecule has 5 rings (SSSR count). The van der Waals surface area contributed by atoms with E-state index in [9.17, 15) is 5.26 Å². The number of benzene rings is 2. The van der Waals surface area contributed by atoms with Crippen molar-refractivity contribution in [2.45, 2.75) is 53.1 Å². The van der Waals surface area contributed by atoms with E-state index in [0.717, 1.165) is 57.8 Å². The smallest absolute Gasteiger partial charge is 0.145 e. The third-order valence-corrected chi connectivity index (χ3v) is 6.91. The van der Waals surface area contributed by atoms with Gasteiger partial charge in [0, 0.05) is 47.7 Å². The van der Waals surface area contributed by atoms with Crippen molar-refractivity contribution in [3.8, 4) is 28.8 Å². The molecule has 2 aromatic carbocycles. The van der Waals surface area contributed by atoms with E-state index in [1.54, 1.807) is 0 Å². The first-order valence-corrected chi connectivity index (χ1v) is 12.4. The predicted molar refractivity (Wildman–Crippen MR) is 140 cm³/mol. The number of aromatic nitrogens is 3. The minimum atomic E-state index is -0.546. The molecular formula is C29H33N5O. The number of nitrogens with zero attached hydrogens (tertiary/aromatic N) is 4. The molecule has 6 heteroatoms. The Balaban J connectivity index is 1.72. The van der Waals surface area contributed by atoms with Gasteiger partial charge >= 0.3 is 0 Å². The fourth-order valence-electron chi connectivity index (χ4n) is 4.86. The highest BCUT2D eigenvalue weighted by atomic mass is 16.5. The molecule has 1 N–H and O–H groups in total. The topological polar surface area (TPSA) is 69.9 Å². The molecule has 0 atom stereocenters. The number of H-pyrrole nitrogens is 1. The van der Waals surface area contributed by atoms with E-state index in [1.165, 1.54) is 5.56 Å². The van der Waals surface area contributed by atoms with Gasteiger partial charge in [-0.2, -0.15) is 10.4 Å². The largest absolute Gasteiger partial charge is 0.491 e. The Labute approximate surface area is 207 Å². The molecule has 35 heavy (non-hydrogen) atoms. The van der Waals surface area contributed by atoms with E-state index in [1.807, 2.05) is 32.2 Å². The minimum absolute atomic E-state index is 0.423. The van der Waals surface area contributed by atoms with Crippen molar-refractivity contribution in [3.05, 3.63) is 65.5 Å². The van der Waals surface area contributed by atoms with Crippen LogP contribution in [0.1, 0.15) is 44.5 Å². The van der Waals surface area contributed by atoms with Crippen molar-refractivity contribution in [1.82, 2.24) is 19.7 Å². The molecule has 0 amide bonds. The molecule has 0 bridgehead atoms. The molecule has 0 saturated carbocycles. The number of aromatic amines is 1. The first-order valence-electron chi connectivity index (χ1n) is 12.4. The number of nitriles is 1. The van der Waals surface area contributed by atoms with Gasteiger partial charge in [-0.1, -0.05) is 32.0 Å². The second kappa shape index (κ2) is 8.90. The van der Waals surface area contributed by atoms with Gasteiger partial charge < -0.3 is 9.72 Å². The Morgan fingerprint density at radius 2 is 2.03 bits per heavy atom. The van der Waals surface area contributed by atoms with Crippen LogP contribution < -0.4 is 4.74 Å². The number of ether oxygens (including phenoxy) is 1. The molecule has 2 aromatic heterocycles. The highest BCUT2D eigenvalue weighted by molar-refractivity contribution is 5.85. The Morgan fingerprint density at radius 3 is 2.80 bits per heavy atom. The van der Waals surface area contributed by atoms with E-state index in [0.29, 0.717) is 19.1 Å². The second-order valence-electron chi connectivity index (χ2n) is 10.4. The molecule has 3 heterocycles. The fraction of sp³-hybridized carbons (Fsp3) is 0.379. The molecule has 1 aliphatic rings. The van der Waals surface area contributed by atoms with Crippen molar-refractivity contribution in [1.29, 1.82) is 5.26 Å². The Bertz CT molecular complexity index is 1420. The van der Waals surface area contributed by atoms with E-state index in [4.69, 9.17) is 9.84 Å². The number of nitrogens with one attached hydrogen (secondary N) is 1. The van der Waals surface area contributed by atoms with Crippen molar-refractivity contribution in [2.75, 3.05) is 13.2 Å². The van der Waals surface area contributed by atoms with Crippen LogP contribution in [0.4, 0.5) is 0 Å². The van der Waals surface area contributed by atoms with Crippen molar-refractivity contribution in [2.24, 2.45) is 5.92 Å². The monoisotopic (exact) mass is 467 g/mol. The lowest BCUT2D eigenvalue weighted by atomic mass is 9.95. The fourth-order valence-corrected chi connectivity index (χ4v) is 4.86. The zero-order chi connectivity index (χ0) is 24.7. The van der Waals surface area contributed by atoms with Crippen molar-refractivity contribution < 1.29 is 4.74 Å². The number of hydrogen-bond acceptors (Lipinski definition) is 4. The molecule has 0 spiro atoms. The van der Waals surface area contributed by atoms with Crippen LogP contribution in [0, 0.1) is 24.2 Å². The molecule has 0 saturated heterocycles. The van der Waals surface area contributed by atoms with Gasteiger partial charge in [-0.15, -0.1) is 0 Å². The highest BCUT2D eigenvalue weighted by Gasteiger charge is 2.34. The lowest BCUT2D eigenvalue weighted by Crippen LogP contribution is -2.45. The quantitative estimate of drug-likeness (QED) is 0.376. The van der Waals surface area contributed by atoms with E-state index >= 15 is 0 Å². The van der Waals surface area contributed by atoms with Crippen LogP contribution in [-0.4, -0.2) is 38.4 Å². The Hall–Kier alpha value is -3.56. The maximum atomic E-state index is 9.80. The SMILES string of the molecule is Cc1cccc(OCC(C)C)c1-n1nc2c(c1-c1ccc3[nH]ccc3c1)CN(C(C)(C)C#N)CC2. The lowest BCUT2D eigenvalue weighted by molar-refractivity contribution is 0.150. The second-order valence-corrected chi connectivity index (χ2v) is 10.4. The van der Waals surface area contributed by atoms with Crippen LogP contribution in [0.3, 0.4) is 0 Å². The summed E-state index contributed by atoms with van der Waals surface area (Å²) < 4.78 is 8.38. The lowest BCUT2D eigenvalue weighted by Gasteiger charge is -2.35. The normalized spacial score (nSPS) is 14.3. The van der Waals surface area contributed by atoms with Gasteiger partial charge in [-0.05, 0) is 56.5 Å². The molecule has 0 aliphatic carbocycles. The van der Waals surface area contributed by atoms with E-state index in [-0.39, 0.29) is 0 Å². The first kappa shape index (κ1) is 23.2. The van der Waals surface area contributed by atoms with Gasteiger partial charge in [0.15, 0.2) is 0 Å². The van der Waals surface area contributed by atoms with Gasteiger partial charge in [0.1, 0.15) is 17.0 Å². The summed E-state index contributed by atoms with van der Waals surface area (Å²) >= 11 is 0. The summed E-state index contributed by atoms with van der Waals surface area (Å²) in [5, 5.41) is 16.1. The van der Waals surface area contributed by atoms with Crippen molar-refractivity contribution >= 4 is 10.9 Å². The molecule has 6 nitrogen and oxygen atoms in total. The first-order chi connectivity index (χ1) is 16.8. The van der Waals surface area contributed by atoms with Crippen LogP contribution in [0.15, 0.2) is 48.7 Å². The van der Waals surface area contributed by atoms with Crippen LogP contribution in [-0.2, 0) is 13.0 Å². The van der Waals surface area contributed by atoms with Gasteiger partial charge in [0.2, 0.25) is 0 Å². The summed E-state index contributed by atoms with van der Waals surface area (Å²) in [4.78, 5) is 5.55. The molecule has 4 aromatic rings. The molecule has 0 fully saturated rings. The zero-order valence-electron chi connectivity index (χ0n) is 21.2. The maximum absolute atomic E-state index is 9.80. The van der Waals surface area contributed by atoms with E-state index < -0.39 is 5.54 Å². The van der Waals surface area contributed by atoms with Crippen LogP contribution >= 0.6 is 0 Å². The average molecular weight is 468 g/mol. The van der Waals surface area contributed by atoms with Gasteiger partial charge in [-0.25, -0.2) is 4.68 Å². The highest BCUT2D eigenvalue weighted by Crippen LogP contribution is 2.38. The van der Waals surface area contributed by atoms with E-state index in [2.05, 4.69) is 71.7 Å². The molecular weight excluding hydrogens is 434 g/mol. The molecule has 180 valence electrons. The maximum Gasteiger partial charge on any atom is 0.145 e. The molecule has 0 unspecified atom stereocenters.